The molecule has 0 bridgehead atoms. The van der Waals surface area contributed by atoms with Crippen molar-refractivity contribution in [3.8, 4) is 5.75 Å². The van der Waals surface area contributed by atoms with Crippen LogP contribution in [0.1, 0.15) is 12.5 Å². The molecule has 1 aromatic rings. The first-order chi connectivity index (χ1) is 6.24. The van der Waals surface area contributed by atoms with Crippen molar-refractivity contribution in [3.63, 3.8) is 0 Å². The van der Waals surface area contributed by atoms with Crippen LogP contribution in [0.25, 0.3) is 6.08 Å². The van der Waals surface area contributed by atoms with Gasteiger partial charge in [0.1, 0.15) is 5.75 Å². The minimum atomic E-state index is -0.329. The molecule has 0 saturated carbocycles. The van der Waals surface area contributed by atoms with Gasteiger partial charge in [0, 0.05) is 12.5 Å². The molecule has 0 heterocycles. The number of ether oxygens (including phenoxy) is 1. The molecule has 2 nitrogen and oxygen atoms in total. The first-order valence-electron chi connectivity index (χ1n) is 3.87. The first kappa shape index (κ1) is 9.30. The molecule has 1 rings (SSSR count). The van der Waals surface area contributed by atoms with E-state index >= 15 is 0 Å². The zero-order valence-corrected chi connectivity index (χ0v) is 7.41. The van der Waals surface area contributed by atoms with E-state index in [1.165, 1.54) is 6.92 Å². The van der Waals surface area contributed by atoms with Gasteiger partial charge >= 0.3 is 5.97 Å². The summed E-state index contributed by atoms with van der Waals surface area (Å²) in [6.45, 7) is 4.82. The van der Waals surface area contributed by atoms with Gasteiger partial charge in [-0.05, 0) is 12.1 Å². The molecule has 0 spiro atoms. The topological polar surface area (TPSA) is 26.3 Å². The molecule has 66 valence electrons. The lowest BCUT2D eigenvalue weighted by Crippen LogP contribution is -2.02. The fourth-order valence-corrected chi connectivity index (χ4v) is 0.958. The van der Waals surface area contributed by atoms with Gasteiger partial charge in [0.15, 0.2) is 0 Å². The summed E-state index contributed by atoms with van der Waals surface area (Å²) in [5, 5.41) is 0. The average molecular weight is 174 g/mol. The number of benzene rings is 1. The molecule has 0 aliphatic rings. The summed E-state index contributed by atoms with van der Waals surface area (Å²) in [6.07, 6.45) is 1.66. The van der Waals surface area contributed by atoms with E-state index in [9.17, 15) is 4.79 Å². The molecule has 0 atom stereocenters. The molecular weight excluding hydrogens is 164 g/mol. The smallest absolute Gasteiger partial charge is 0.308 e. The van der Waals surface area contributed by atoms with Crippen LogP contribution in [0.3, 0.4) is 0 Å². The van der Waals surface area contributed by atoms with E-state index in [0.29, 0.717) is 5.75 Å². The zero-order valence-electron chi connectivity index (χ0n) is 7.41. The predicted molar refractivity (Wildman–Crippen MR) is 51.4 cm³/mol. The van der Waals surface area contributed by atoms with Crippen LogP contribution in [0.5, 0.6) is 5.75 Å². The van der Waals surface area contributed by atoms with Gasteiger partial charge in [-0.3, -0.25) is 4.79 Å². The van der Waals surface area contributed by atoms with E-state index in [-0.39, 0.29) is 5.97 Å². The second kappa shape index (κ2) is 4.29. The summed E-state index contributed by atoms with van der Waals surface area (Å²) in [4.78, 5) is 10.7. The number of esters is 1. The summed E-state index contributed by atoms with van der Waals surface area (Å²) in [5.74, 6) is 0.205. The number of hydrogen-bond donors (Lipinski definition) is 0. The van der Waals surface area contributed by atoms with E-state index < -0.39 is 0 Å². The fourth-order valence-electron chi connectivity index (χ4n) is 0.958. The van der Waals surface area contributed by atoms with Crippen LogP contribution in [-0.2, 0) is 4.79 Å². The number of carbonyl (C=O) groups is 1. The van der Waals surface area contributed by atoms with Crippen LogP contribution in [0.4, 0.5) is 0 Å². The SMILES string of the molecule is C=C=Cc1ccccc1OC(C)=O. The standard InChI is InChI=1S/C11H10O2/c1-3-6-10-7-4-5-8-11(10)13-9(2)12/h4-8H,1H2,2H3. The number of para-hydroxylation sites is 1. The lowest BCUT2D eigenvalue weighted by atomic mass is 10.2. The van der Waals surface area contributed by atoms with E-state index in [1.54, 1.807) is 18.2 Å². The van der Waals surface area contributed by atoms with Gasteiger partial charge in [0.25, 0.3) is 0 Å². The lowest BCUT2D eigenvalue weighted by Gasteiger charge is -2.03. The summed E-state index contributed by atoms with van der Waals surface area (Å²) in [5.41, 5.74) is 3.43. The highest BCUT2D eigenvalue weighted by atomic mass is 16.5. The maximum absolute atomic E-state index is 10.7. The van der Waals surface area contributed by atoms with Crippen LogP contribution >= 0.6 is 0 Å². The molecule has 2 heteroatoms. The Bertz CT molecular complexity index is 360. The summed E-state index contributed by atoms with van der Waals surface area (Å²) < 4.78 is 4.96. The van der Waals surface area contributed by atoms with E-state index in [4.69, 9.17) is 4.74 Å². The molecule has 0 aliphatic carbocycles. The van der Waals surface area contributed by atoms with Crippen molar-refractivity contribution in [3.05, 3.63) is 42.1 Å². The third kappa shape index (κ3) is 2.62. The van der Waals surface area contributed by atoms with E-state index in [1.807, 2.05) is 12.1 Å². The van der Waals surface area contributed by atoms with E-state index in [0.717, 1.165) is 5.56 Å². The van der Waals surface area contributed by atoms with Crippen LogP contribution < -0.4 is 4.74 Å². The van der Waals surface area contributed by atoms with Crippen molar-refractivity contribution >= 4 is 12.0 Å². The average Bonchev–Trinajstić information content (AvgIpc) is 2.08. The summed E-state index contributed by atoms with van der Waals surface area (Å²) >= 11 is 0. The molecule has 0 N–H and O–H groups in total. The Hall–Kier alpha value is -1.79. The Morgan fingerprint density at radius 1 is 1.54 bits per heavy atom. The lowest BCUT2D eigenvalue weighted by molar-refractivity contribution is -0.131. The van der Waals surface area contributed by atoms with Crippen LogP contribution in [0, 0.1) is 0 Å². The molecule has 0 aromatic heterocycles. The van der Waals surface area contributed by atoms with Gasteiger partial charge in [-0.25, -0.2) is 0 Å². The van der Waals surface area contributed by atoms with E-state index in [2.05, 4.69) is 12.3 Å². The van der Waals surface area contributed by atoms with Gasteiger partial charge in [-0.1, -0.05) is 24.8 Å². The summed E-state index contributed by atoms with van der Waals surface area (Å²) in [7, 11) is 0. The number of hydrogen-bond acceptors (Lipinski definition) is 2. The fraction of sp³-hybridized carbons (Fsp3) is 0.0909. The molecule has 0 radical (unpaired) electrons. The third-order valence-corrected chi connectivity index (χ3v) is 1.43. The van der Waals surface area contributed by atoms with Gasteiger partial charge in [-0.15, -0.1) is 5.73 Å². The highest BCUT2D eigenvalue weighted by Crippen LogP contribution is 2.18. The Kier molecular flexibility index (Phi) is 3.07. The van der Waals surface area contributed by atoms with Crippen LogP contribution in [0.2, 0.25) is 0 Å². The van der Waals surface area contributed by atoms with Crippen molar-refractivity contribution in [2.75, 3.05) is 0 Å². The van der Waals surface area contributed by atoms with Gasteiger partial charge in [-0.2, -0.15) is 0 Å². The quantitative estimate of drug-likeness (QED) is 0.391. The maximum atomic E-state index is 10.7. The Labute approximate surface area is 77.2 Å². The minimum absolute atomic E-state index is 0.329. The Balaban J connectivity index is 3.04. The Morgan fingerprint density at radius 3 is 2.85 bits per heavy atom. The minimum Gasteiger partial charge on any atom is -0.426 e. The zero-order chi connectivity index (χ0) is 9.68. The van der Waals surface area contributed by atoms with Crippen molar-refractivity contribution < 1.29 is 9.53 Å². The molecule has 0 unspecified atom stereocenters. The molecule has 13 heavy (non-hydrogen) atoms. The van der Waals surface area contributed by atoms with Crippen molar-refractivity contribution in [2.45, 2.75) is 6.92 Å². The molecule has 0 fully saturated rings. The molecule has 0 saturated heterocycles. The number of carbonyl (C=O) groups excluding carboxylic acids is 1. The van der Waals surface area contributed by atoms with Crippen molar-refractivity contribution in [1.29, 1.82) is 0 Å². The largest absolute Gasteiger partial charge is 0.426 e. The Morgan fingerprint density at radius 2 is 2.23 bits per heavy atom. The second-order valence-electron chi connectivity index (χ2n) is 2.48. The third-order valence-electron chi connectivity index (χ3n) is 1.43. The molecule has 0 aliphatic heterocycles. The highest BCUT2D eigenvalue weighted by Gasteiger charge is 2.01. The second-order valence-corrected chi connectivity index (χ2v) is 2.48. The molecule has 1 aromatic carbocycles. The first-order valence-corrected chi connectivity index (χ1v) is 3.87. The van der Waals surface area contributed by atoms with Crippen molar-refractivity contribution in [2.24, 2.45) is 0 Å². The number of rotatable bonds is 2. The van der Waals surface area contributed by atoms with Crippen molar-refractivity contribution in [1.82, 2.24) is 0 Å². The monoisotopic (exact) mass is 174 g/mol. The molecular formula is C11H10O2. The maximum Gasteiger partial charge on any atom is 0.308 e. The predicted octanol–water partition coefficient (Wildman–Crippen LogP) is 2.41. The summed E-state index contributed by atoms with van der Waals surface area (Å²) in [6, 6.07) is 7.22. The van der Waals surface area contributed by atoms with Gasteiger partial charge in [0.05, 0.1) is 0 Å². The molecule has 0 amide bonds. The highest BCUT2D eigenvalue weighted by molar-refractivity contribution is 5.71. The van der Waals surface area contributed by atoms with Gasteiger partial charge < -0.3 is 4.74 Å². The van der Waals surface area contributed by atoms with Crippen LogP contribution in [-0.4, -0.2) is 5.97 Å². The van der Waals surface area contributed by atoms with Gasteiger partial charge in [0.2, 0.25) is 0 Å². The van der Waals surface area contributed by atoms with Crippen LogP contribution in [0.15, 0.2) is 36.6 Å². The normalized spacial score (nSPS) is 8.69.